The average Bonchev–Trinajstić information content (AvgIpc) is 2.25. The molecule has 2 rings (SSSR count). The number of fused-ring (bicyclic) bond motifs is 1. The Labute approximate surface area is 107 Å². The van der Waals surface area contributed by atoms with Crippen molar-refractivity contribution in [1.82, 2.24) is 0 Å². The second kappa shape index (κ2) is 3.72. The number of anilines is 1. The first-order valence-electron chi connectivity index (χ1n) is 5.25. The number of hydrogen-bond acceptors (Lipinski definition) is 3. The molecule has 0 saturated heterocycles. The van der Waals surface area contributed by atoms with Crippen LogP contribution in [0.4, 0.5) is 18.9 Å². The highest BCUT2D eigenvalue weighted by Gasteiger charge is 2.48. The maximum atomic E-state index is 12.5. The molecule has 1 aromatic carbocycles. The lowest BCUT2D eigenvalue weighted by Crippen LogP contribution is -2.48. The summed E-state index contributed by atoms with van der Waals surface area (Å²) in [6, 6.07) is 2.18. The fourth-order valence-corrected chi connectivity index (χ4v) is 3.20. The van der Waals surface area contributed by atoms with Crippen molar-refractivity contribution in [2.45, 2.75) is 29.7 Å². The second-order valence-corrected chi connectivity index (χ2v) is 7.14. The number of hydrogen-bond donors (Lipinski definition) is 1. The van der Waals surface area contributed by atoms with E-state index in [4.69, 9.17) is 0 Å². The number of alkyl halides is 3. The van der Waals surface area contributed by atoms with Gasteiger partial charge in [-0.1, -0.05) is 0 Å². The van der Waals surface area contributed by atoms with Gasteiger partial charge >= 0.3 is 6.18 Å². The van der Waals surface area contributed by atoms with Gasteiger partial charge in [0, 0.05) is 0 Å². The van der Waals surface area contributed by atoms with Gasteiger partial charge in [-0.2, -0.15) is 13.2 Å². The Bertz CT molecular complexity index is 662. The SMILES string of the molecule is CC1(C)C(=O)Nc2cc(C(F)(F)F)ccc2S1(=O)=O. The third kappa shape index (κ3) is 1.90. The zero-order chi connectivity index (χ0) is 14.6. The molecule has 1 aliphatic rings. The highest BCUT2D eigenvalue weighted by atomic mass is 32.2. The summed E-state index contributed by atoms with van der Waals surface area (Å²) < 4.78 is 60.2. The summed E-state index contributed by atoms with van der Waals surface area (Å²) in [4.78, 5) is 11.4. The van der Waals surface area contributed by atoms with E-state index in [1.54, 1.807) is 0 Å². The average molecular weight is 293 g/mol. The quantitative estimate of drug-likeness (QED) is 0.797. The van der Waals surface area contributed by atoms with Crippen molar-refractivity contribution in [3.63, 3.8) is 0 Å². The molecule has 0 saturated carbocycles. The van der Waals surface area contributed by atoms with Gasteiger partial charge in [0.2, 0.25) is 5.91 Å². The van der Waals surface area contributed by atoms with Crippen LogP contribution in [0.25, 0.3) is 0 Å². The van der Waals surface area contributed by atoms with Gasteiger partial charge in [0.05, 0.1) is 16.1 Å². The normalized spacial score (nSPS) is 20.6. The molecule has 0 aliphatic carbocycles. The third-order valence-electron chi connectivity index (χ3n) is 3.06. The fourth-order valence-electron chi connectivity index (χ4n) is 1.71. The van der Waals surface area contributed by atoms with E-state index in [1.807, 2.05) is 0 Å². The van der Waals surface area contributed by atoms with E-state index in [1.165, 1.54) is 13.8 Å². The molecule has 0 radical (unpaired) electrons. The summed E-state index contributed by atoms with van der Waals surface area (Å²) in [6.45, 7) is 2.41. The van der Waals surface area contributed by atoms with Gasteiger partial charge in [0.25, 0.3) is 0 Å². The van der Waals surface area contributed by atoms with Crippen LogP contribution in [0.3, 0.4) is 0 Å². The van der Waals surface area contributed by atoms with Crippen molar-refractivity contribution in [2.24, 2.45) is 0 Å². The standard InChI is InChI=1S/C11H10F3NO3S/c1-10(2)9(16)15-7-5-6(11(12,13)14)3-4-8(7)19(10,17)18/h3-5H,1-2H3,(H,15,16). The second-order valence-electron chi connectivity index (χ2n) is 4.68. The third-order valence-corrected chi connectivity index (χ3v) is 5.53. The number of benzene rings is 1. The first kappa shape index (κ1) is 13.9. The summed E-state index contributed by atoms with van der Waals surface area (Å²) >= 11 is 0. The Morgan fingerprint density at radius 1 is 1.21 bits per heavy atom. The Balaban J connectivity index is 2.69. The van der Waals surface area contributed by atoms with Crippen molar-refractivity contribution >= 4 is 21.4 Å². The maximum absolute atomic E-state index is 12.5. The van der Waals surface area contributed by atoms with Crippen molar-refractivity contribution in [3.8, 4) is 0 Å². The molecule has 0 atom stereocenters. The van der Waals surface area contributed by atoms with Gasteiger partial charge in [-0.15, -0.1) is 0 Å². The van der Waals surface area contributed by atoms with Crippen LogP contribution < -0.4 is 5.32 Å². The predicted molar refractivity (Wildman–Crippen MR) is 61.3 cm³/mol. The number of carbonyl (C=O) groups excluding carboxylic acids is 1. The summed E-state index contributed by atoms with van der Waals surface area (Å²) in [5.74, 6) is -0.848. The fraction of sp³-hybridized carbons (Fsp3) is 0.364. The molecule has 0 aromatic heterocycles. The lowest BCUT2D eigenvalue weighted by atomic mass is 10.1. The van der Waals surface area contributed by atoms with E-state index in [2.05, 4.69) is 5.32 Å². The molecule has 0 bridgehead atoms. The number of carbonyl (C=O) groups is 1. The predicted octanol–water partition coefficient (Wildman–Crippen LogP) is 2.21. The van der Waals surface area contributed by atoms with Crippen LogP contribution in [0.2, 0.25) is 0 Å². The lowest BCUT2D eigenvalue weighted by molar-refractivity contribution is -0.137. The first-order valence-corrected chi connectivity index (χ1v) is 6.73. The molecule has 0 unspecified atom stereocenters. The highest BCUT2D eigenvalue weighted by molar-refractivity contribution is 7.94. The number of halogens is 3. The van der Waals surface area contributed by atoms with E-state index in [0.717, 1.165) is 6.07 Å². The Morgan fingerprint density at radius 2 is 1.79 bits per heavy atom. The van der Waals surface area contributed by atoms with Crippen molar-refractivity contribution in [2.75, 3.05) is 5.32 Å². The zero-order valence-electron chi connectivity index (χ0n) is 10.00. The monoisotopic (exact) mass is 293 g/mol. The highest BCUT2D eigenvalue weighted by Crippen LogP contribution is 2.39. The minimum Gasteiger partial charge on any atom is -0.324 e. The minimum absolute atomic E-state index is 0.301. The number of amides is 1. The van der Waals surface area contributed by atoms with Crippen LogP contribution in [0.1, 0.15) is 19.4 Å². The van der Waals surface area contributed by atoms with Gasteiger partial charge in [0.15, 0.2) is 9.84 Å². The zero-order valence-corrected chi connectivity index (χ0v) is 10.8. The van der Waals surface area contributed by atoms with Gasteiger partial charge < -0.3 is 5.32 Å². The van der Waals surface area contributed by atoms with Gasteiger partial charge in [-0.3, -0.25) is 4.79 Å². The number of sulfone groups is 1. The molecule has 4 nitrogen and oxygen atoms in total. The van der Waals surface area contributed by atoms with E-state index in [9.17, 15) is 26.4 Å². The number of rotatable bonds is 0. The van der Waals surface area contributed by atoms with Crippen LogP contribution in [-0.2, 0) is 20.8 Å². The van der Waals surface area contributed by atoms with Crippen molar-refractivity contribution < 1.29 is 26.4 Å². The minimum atomic E-state index is -4.60. The van der Waals surface area contributed by atoms with Gasteiger partial charge in [0.1, 0.15) is 4.75 Å². The van der Waals surface area contributed by atoms with E-state index < -0.39 is 32.2 Å². The Hall–Kier alpha value is -1.57. The molecular formula is C11H10F3NO3S. The van der Waals surface area contributed by atoms with Crippen LogP contribution in [-0.4, -0.2) is 19.1 Å². The number of nitrogens with one attached hydrogen (secondary N) is 1. The molecule has 8 heteroatoms. The molecule has 1 amide bonds. The molecule has 1 aromatic rings. The molecule has 0 spiro atoms. The summed E-state index contributed by atoms with van der Waals surface area (Å²) in [5, 5.41) is 2.20. The van der Waals surface area contributed by atoms with E-state index >= 15 is 0 Å². The van der Waals surface area contributed by atoms with Crippen LogP contribution in [0.15, 0.2) is 23.1 Å². The first-order chi connectivity index (χ1) is 8.48. The summed E-state index contributed by atoms with van der Waals surface area (Å²) in [7, 11) is -4.01. The maximum Gasteiger partial charge on any atom is 0.416 e. The molecule has 1 aliphatic heterocycles. The van der Waals surface area contributed by atoms with Crippen LogP contribution >= 0.6 is 0 Å². The van der Waals surface area contributed by atoms with Crippen LogP contribution in [0, 0.1) is 0 Å². The summed E-state index contributed by atoms with van der Waals surface area (Å²) in [5.41, 5.74) is -1.35. The van der Waals surface area contributed by atoms with E-state index in [0.29, 0.717) is 12.1 Å². The summed E-state index contributed by atoms with van der Waals surface area (Å²) in [6.07, 6.45) is -4.60. The largest absolute Gasteiger partial charge is 0.416 e. The molecule has 1 N–H and O–H groups in total. The lowest BCUT2D eigenvalue weighted by Gasteiger charge is -2.30. The molecule has 0 fully saturated rings. The molecule has 19 heavy (non-hydrogen) atoms. The van der Waals surface area contributed by atoms with Gasteiger partial charge in [-0.25, -0.2) is 8.42 Å². The Morgan fingerprint density at radius 3 is 2.32 bits per heavy atom. The molecule has 104 valence electrons. The molecular weight excluding hydrogens is 283 g/mol. The van der Waals surface area contributed by atoms with Gasteiger partial charge in [-0.05, 0) is 32.0 Å². The van der Waals surface area contributed by atoms with Crippen LogP contribution in [0.5, 0.6) is 0 Å². The van der Waals surface area contributed by atoms with Crippen molar-refractivity contribution in [1.29, 1.82) is 0 Å². The van der Waals surface area contributed by atoms with Crippen molar-refractivity contribution in [3.05, 3.63) is 23.8 Å². The van der Waals surface area contributed by atoms with E-state index in [-0.39, 0.29) is 10.6 Å². The Kier molecular flexibility index (Phi) is 2.71. The smallest absolute Gasteiger partial charge is 0.324 e. The molecule has 1 heterocycles. The topological polar surface area (TPSA) is 63.2 Å².